The number of nitriles is 1. The molecule has 2 heterocycles. The normalized spacial score (nSPS) is 11.4. The SMILES string of the molecule is COc1cc([N+](=O)[O-])ccc1-c1ccc(C=C(C#N)c2nc3ccc(C)cc3[nH]2)o1. The van der Waals surface area contributed by atoms with Crippen LogP contribution in [0.25, 0.3) is 34.0 Å². The van der Waals surface area contributed by atoms with Crippen LogP contribution in [0.2, 0.25) is 0 Å². The van der Waals surface area contributed by atoms with Crippen LogP contribution >= 0.6 is 0 Å². The quantitative estimate of drug-likeness (QED) is 0.282. The standard InChI is InChI=1S/C22H16N4O4/c1-13-3-7-18-19(9-13)25-22(24-18)14(12-23)10-16-5-8-20(30-16)17-6-4-15(26(27)28)11-21(17)29-2/h3-11H,1-2H3,(H,24,25). The highest BCUT2D eigenvalue weighted by atomic mass is 16.6. The highest BCUT2D eigenvalue weighted by molar-refractivity contribution is 5.90. The number of ether oxygens (including phenoxy) is 1. The molecule has 0 saturated heterocycles. The number of nitrogens with zero attached hydrogens (tertiary/aromatic N) is 3. The average Bonchev–Trinajstić information content (AvgIpc) is 3.37. The number of imidazole rings is 1. The summed E-state index contributed by atoms with van der Waals surface area (Å²) in [4.78, 5) is 18.1. The van der Waals surface area contributed by atoms with Crippen LogP contribution < -0.4 is 4.74 Å². The summed E-state index contributed by atoms with van der Waals surface area (Å²) in [6.07, 6.45) is 1.59. The second-order valence-corrected chi connectivity index (χ2v) is 6.62. The molecule has 30 heavy (non-hydrogen) atoms. The lowest BCUT2D eigenvalue weighted by Gasteiger charge is -2.05. The van der Waals surface area contributed by atoms with E-state index in [1.54, 1.807) is 24.3 Å². The van der Waals surface area contributed by atoms with Crippen molar-refractivity contribution >= 4 is 28.4 Å². The summed E-state index contributed by atoms with van der Waals surface area (Å²) in [5.41, 5.74) is 3.53. The molecule has 2 aromatic heterocycles. The second-order valence-electron chi connectivity index (χ2n) is 6.62. The van der Waals surface area contributed by atoms with E-state index < -0.39 is 4.92 Å². The Balaban J connectivity index is 1.70. The van der Waals surface area contributed by atoms with Gasteiger partial charge in [-0.2, -0.15) is 5.26 Å². The number of allylic oxidation sites excluding steroid dienone is 1. The molecular formula is C22H16N4O4. The third kappa shape index (κ3) is 3.52. The summed E-state index contributed by atoms with van der Waals surface area (Å²) in [6.45, 7) is 1.98. The Morgan fingerprint density at radius 3 is 2.83 bits per heavy atom. The lowest BCUT2D eigenvalue weighted by molar-refractivity contribution is -0.384. The van der Waals surface area contributed by atoms with Crippen molar-refractivity contribution < 1.29 is 14.1 Å². The van der Waals surface area contributed by atoms with Gasteiger partial charge >= 0.3 is 0 Å². The van der Waals surface area contributed by atoms with Crippen molar-refractivity contribution in [2.45, 2.75) is 6.92 Å². The van der Waals surface area contributed by atoms with E-state index >= 15 is 0 Å². The molecule has 8 heteroatoms. The number of non-ortho nitro benzene ring substituents is 1. The number of aromatic amines is 1. The number of aryl methyl sites for hydroxylation is 1. The van der Waals surface area contributed by atoms with Gasteiger partial charge in [0.05, 0.1) is 40.3 Å². The van der Waals surface area contributed by atoms with Gasteiger partial charge in [0.15, 0.2) is 0 Å². The summed E-state index contributed by atoms with van der Waals surface area (Å²) < 4.78 is 11.1. The molecule has 0 amide bonds. The number of fused-ring (bicyclic) bond motifs is 1. The molecular weight excluding hydrogens is 384 g/mol. The highest BCUT2D eigenvalue weighted by Gasteiger charge is 2.16. The van der Waals surface area contributed by atoms with Crippen molar-refractivity contribution in [3.8, 4) is 23.1 Å². The first kappa shape index (κ1) is 19.0. The molecule has 0 aliphatic heterocycles. The van der Waals surface area contributed by atoms with Crippen LogP contribution in [-0.4, -0.2) is 22.0 Å². The maximum absolute atomic E-state index is 11.0. The fourth-order valence-electron chi connectivity index (χ4n) is 3.12. The van der Waals surface area contributed by atoms with Crippen LogP contribution in [0, 0.1) is 28.4 Å². The minimum atomic E-state index is -0.489. The molecule has 2 aromatic carbocycles. The molecule has 4 rings (SSSR count). The van der Waals surface area contributed by atoms with Gasteiger partial charge < -0.3 is 14.1 Å². The third-order valence-electron chi connectivity index (χ3n) is 4.59. The second kappa shape index (κ2) is 7.56. The molecule has 0 bridgehead atoms. The summed E-state index contributed by atoms with van der Waals surface area (Å²) >= 11 is 0. The van der Waals surface area contributed by atoms with E-state index in [0.717, 1.165) is 16.6 Å². The molecule has 0 aliphatic carbocycles. The fourth-order valence-corrected chi connectivity index (χ4v) is 3.12. The van der Waals surface area contributed by atoms with E-state index in [1.165, 1.54) is 19.2 Å². The van der Waals surface area contributed by atoms with E-state index in [4.69, 9.17) is 9.15 Å². The monoisotopic (exact) mass is 400 g/mol. The molecule has 8 nitrogen and oxygen atoms in total. The number of methoxy groups -OCH3 is 1. The zero-order valence-corrected chi connectivity index (χ0v) is 16.2. The minimum Gasteiger partial charge on any atom is -0.496 e. The molecule has 4 aromatic rings. The summed E-state index contributed by atoms with van der Waals surface area (Å²) in [5.74, 6) is 1.68. The number of rotatable bonds is 5. The number of hydrogen-bond donors (Lipinski definition) is 1. The van der Waals surface area contributed by atoms with Crippen molar-refractivity contribution in [3.63, 3.8) is 0 Å². The Kier molecular flexibility index (Phi) is 4.78. The van der Waals surface area contributed by atoms with Crippen LogP contribution in [-0.2, 0) is 0 Å². The topological polar surface area (TPSA) is 118 Å². The van der Waals surface area contributed by atoms with Crippen LogP contribution in [0.15, 0.2) is 52.9 Å². The van der Waals surface area contributed by atoms with Crippen LogP contribution in [0.5, 0.6) is 5.75 Å². The molecule has 0 fully saturated rings. The minimum absolute atomic E-state index is 0.0748. The fraction of sp³-hybridized carbons (Fsp3) is 0.0909. The molecule has 0 aliphatic rings. The van der Waals surface area contributed by atoms with Gasteiger partial charge in [0.25, 0.3) is 5.69 Å². The van der Waals surface area contributed by atoms with Gasteiger partial charge in [-0.3, -0.25) is 10.1 Å². The first-order chi connectivity index (χ1) is 14.5. The zero-order valence-electron chi connectivity index (χ0n) is 16.2. The summed E-state index contributed by atoms with van der Waals surface area (Å²) in [7, 11) is 1.43. The number of H-pyrrole nitrogens is 1. The van der Waals surface area contributed by atoms with Crippen LogP contribution in [0.3, 0.4) is 0 Å². The first-order valence-electron chi connectivity index (χ1n) is 8.99. The number of hydrogen-bond acceptors (Lipinski definition) is 6. The van der Waals surface area contributed by atoms with Gasteiger partial charge in [0, 0.05) is 12.1 Å². The maximum atomic E-state index is 11.0. The van der Waals surface area contributed by atoms with Crippen LogP contribution in [0.4, 0.5) is 5.69 Å². The number of furan rings is 1. The lowest BCUT2D eigenvalue weighted by Crippen LogP contribution is -1.92. The molecule has 0 atom stereocenters. The molecule has 0 radical (unpaired) electrons. The zero-order chi connectivity index (χ0) is 21.3. The van der Waals surface area contributed by atoms with Crippen molar-refractivity contribution in [3.05, 3.63) is 75.8 Å². The Morgan fingerprint density at radius 2 is 2.10 bits per heavy atom. The predicted octanol–water partition coefficient (Wildman–Crippen LogP) is 5.11. The highest BCUT2D eigenvalue weighted by Crippen LogP contribution is 2.34. The summed E-state index contributed by atoms with van der Waals surface area (Å²) in [5, 5.41) is 20.6. The molecule has 0 spiro atoms. The van der Waals surface area contributed by atoms with Gasteiger partial charge in [-0.25, -0.2) is 4.98 Å². The predicted molar refractivity (Wildman–Crippen MR) is 112 cm³/mol. The molecule has 1 N–H and O–H groups in total. The number of aromatic nitrogens is 2. The number of nitro benzene ring substituents is 1. The maximum Gasteiger partial charge on any atom is 0.273 e. The molecule has 0 saturated carbocycles. The van der Waals surface area contributed by atoms with Gasteiger partial charge in [-0.15, -0.1) is 0 Å². The number of nitro groups is 1. The van der Waals surface area contributed by atoms with E-state index in [9.17, 15) is 15.4 Å². The Bertz CT molecular complexity index is 1340. The van der Waals surface area contributed by atoms with E-state index in [0.29, 0.717) is 34.2 Å². The van der Waals surface area contributed by atoms with Crippen LogP contribution in [0.1, 0.15) is 17.1 Å². The lowest BCUT2D eigenvalue weighted by atomic mass is 10.1. The van der Waals surface area contributed by atoms with Gasteiger partial charge in [0.1, 0.15) is 29.2 Å². The summed E-state index contributed by atoms with van der Waals surface area (Å²) in [6, 6.07) is 15.7. The first-order valence-corrected chi connectivity index (χ1v) is 8.99. The average molecular weight is 400 g/mol. The largest absolute Gasteiger partial charge is 0.496 e. The van der Waals surface area contributed by atoms with E-state index in [-0.39, 0.29) is 5.69 Å². The third-order valence-corrected chi connectivity index (χ3v) is 4.59. The van der Waals surface area contributed by atoms with E-state index in [1.807, 2.05) is 25.1 Å². The molecule has 148 valence electrons. The van der Waals surface area contributed by atoms with Gasteiger partial charge in [0.2, 0.25) is 0 Å². The van der Waals surface area contributed by atoms with E-state index in [2.05, 4.69) is 16.0 Å². The van der Waals surface area contributed by atoms with Crippen molar-refractivity contribution in [1.29, 1.82) is 5.26 Å². The Labute approximate surface area is 171 Å². The Morgan fingerprint density at radius 1 is 1.27 bits per heavy atom. The number of benzene rings is 2. The van der Waals surface area contributed by atoms with Gasteiger partial charge in [-0.05, 0) is 42.8 Å². The Hall–Kier alpha value is -4.38. The smallest absolute Gasteiger partial charge is 0.273 e. The van der Waals surface area contributed by atoms with Crippen molar-refractivity contribution in [1.82, 2.24) is 9.97 Å². The van der Waals surface area contributed by atoms with Crippen molar-refractivity contribution in [2.24, 2.45) is 0 Å². The number of nitrogens with one attached hydrogen (secondary N) is 1. The van der Waals surface area contributed by atoms with Crippen molar-refractivity contribution in [2.75, 3.05) is 7.11 Å². The molecule has 0 unspecified atom stereocenters. The van der Waals surface area contributed by atoms with Gasteiger partial charge in [-0.1, -0.05) is 6.07 Å².